The molecule has 2 aromatic carbocycles. The van der Waals surface area contributed by atoms with E-state index in [9.17, 15) is 28.8 Å². The summed E-state index contributed by atoms with van der Waals surface area (Å²) in [4.78, 5) is 82.0. The quantitative estimate of drug-likeness (QED) is 0.194. The van der Waals surface area contributed by atoms with Gasteiger partial charge in [0.1, 0.15) is 19.2 Å². The van der Waals surface area contributed by atoms with E-state index in [1.54, 1.807) is 12.1 Å². The van der Waals surface area contributed by atoms with Gasteiger partial charge in [0, 0.05) is 49.5 Å². The van der Waals surface area contributed by atoms with Crippen LogP contribution in [0.3, 0.4) is 0 Å². The van der Waals surface area contributed by atoms with Crippen LogP contribution in [0.5, 0.6) is 0 Å². The van der Waals surface area contributed by atoms with Gasteiger partial charge in [-0.15, -0.1) is 0 Å². The molecule has 244 valence electrons. The van der Waals surface area contributed by atoms with Gasteiger partial charge in [0.25, 0.3) is 17.7 Å². The van der Waals surface area contributed by atoms with Gasteiger partial charge in [-0.1, -0.05) is 44.2 Å². The number of likely N-dealkylation sites (tertiary alicyclic amines) is 1. The number of ether oxygens (including phenoxy) is 1. The number of Topliss-reactive ketones (excluding diaryl/α,β-unsaturated/α-hetero) is 1. The Bertz CT molecular complexity index is 1420. The lowest BCUT2D eigenvalue weighted by Crippen LogP contribution is -2.53. The Labute approximate surface area is 268 Å². The van der Waals surface area contributed by atoms with Crippen molar-refractivity contribution in [3.8, 4) is 0 Å². The topological polar surface area (TPSA) is 145 Å². The molecule has 4 amide bonds. The lowest BCUT2D eigenvalue weighted by Gasteiger charge is -2.36. The van der Waals surface area contributed by atoms with E-state index in [-0.39, 0.29) is 24.8 Å². The van der Waals surface area contributed by atoms with Gasteiger partial charge in [0.15, 0.2) is 0 Å². The average molecular weight is 632 g/mol. The fourth-order valence-electron chi connectivity index (χ4n) is 5.62. The summed E-state index contributed by atoms with van der Waals surface area (Å²) in [5.74, 6) is -3.38. The van der Waals surface area contributed by atoms with Crippen LogP contribution in [0.25, 0.3) is 0 Å². The standard InChI is InChI=1S/C34H41N5O7/c1-3-9-27(30(41)32(43)35-23-29(40)46-22-4-2)36-31(42)28-12-8-17-39(28)34(45)25-13-15-26(16-14-25)37-18-20-38(21-19-37)33(44)24-10-6-5-7-11-24/h4-7,10-11,13-16,27-28H,2-3,8-9,12,17-23H2,1H3,(H,35,43)(H,36,42). The predicted octanol–water partition coefficient (Wildman–Crippen LogP) is 1.95. The molecule has 2 aliphatic heterocycles. The van der Waals surface area contributed by atoms with Crippen LogP contribution in [0.15, 0.2) is 67.3 Å². The molecule has 46 heavy (non-hydrogen) atoms. The molecule has 0 radical (unpaired) electrons. The van der Waals surface area contributed by atoms with Crippen LogP contribution < -0.4 is 15.5 Å². The Morgan fingerprint density at radius 3 is 2.24 bits per heavy atom. The van der Waals surface area contributed by atoms with Gasteiger partial charge in [-0.25, -0.2) is 0 Å². The highest BCUT2D eigenvalue weighted by atomic mass is 16.5. The highest BCUT2D eigenvalue weighted by molar-refractivity contribution is 6.38. The minimum absolute atomic E-state index is 0.0144. The van der Waals surface area contributed by atoms with Crippen molar-refractivity contribution in [1.82, 2.24) is 20.4 Å². The Morgan fingerprint density at radius 1 is 0.913 bits per heavy atom. The zero-order valence-electron chi connectivity index (χ0n) is 26.1. The minimum atomic E-state index is -1.10. The van der Waals surface area contributed by atoms with Crippen molar-refractivity contribution in [1.29, 1.82) is 0 Å². The number of rotatable bonds is 13. The van der Waals surface area contributed by atoms with Crippen LogP contribution in [0.2, 0.25) is 0 Å². The van der Waals surface area contributed by atoms with E-state index in [2.05, 4.69) is 22.1 Å². The van der Waals surface area contributed by atoms with Gasteiger partial charge in [-0.05, 0) is 55.7 Å². The van der Waals surface area contributed by atoms with Gasteiger partial charge in [-0.3, -0.25) is 28.8 Å². The van der Waals surface area contributed by atoms with Crippen molar-refractivity contribution in [3.05, 3.63) is 78.4 Å². The normalized spacial score (nSPS) is 16.7. The lowest BCUT2D eigenvalue weighted by atomic mass is 10.0. The maximum Gasteiger partial charge on any atom is 0.325 e. The summed E-state index contributed by atoms with van der Waals surface area (Å²) in [6.45, 7) is 7.63. The van der Waals surface area contributed by atoms with Crippen molar-refractivity contribution in [2.75, 3.05) is 50.8 Å². The molecular formula is C34H41N5O7. The maximum atomic E-state index is 13.5. The van der Waals surface area contributed by atoms with E-state index in [1.165, 1.54) is 11.0 Å². The molecule has 2 atom stereocenters. The largest absolute Gasteiger partial charge is 0.460 e. The van der Waals surface area contributed by atoms with Gasteiger partial charge >= 0.3 is 5.97 Å². The number of esters is 1. The van der Waals surface area contributed by atoms with Gasteiger partial charge < -0.3 is 30.1 Å². The smallest absolute Gasteiger partial charge is 0.325 e. The number of piperazine rings is 1. The molecule has 0 saturated carbocycles. The number of hydrogen-bond donors (Lipinski definition) is 2. The van der Waals surface area contributed by atoms with Crippen LogP contribution in [0.1, 0.15) is 53.3 Å². The summed E-state index contributed by atoms with van der Waals surface area (Å²) in [5.41, 5.74) is 2.04. The number of carbonyl (C=O) groups is 6. The summed E-state index contributed by atoms with van der Waals surface area (Å²) in [6, 6.07) is 14.5. The Morgan fingerprint density at radius 2 is 1.59 bits per heavy atom. The first-order valence-corrected chi connectivity index (χ1v) is 15.6. The zero-order chi connectivity index (χ0) is 33.1. The van der Waals surface area contributed by atoms with Crippen LogP contribution in [-0.4, -0.2) is 103 Å². The Balaban J connectivity index is 1.32. The second-order valence-corrected chi connectivity index (χ2v) is 11.2. The molecule has 2 N–H and O–H groups in total. The van der Waals surface area contributed by atoms with E-state index in [0.29, 0.717) is 63.1 Å². The van der Waals surface area contributed by atoms with E-state index in [0.717, 1.165) is 5.69 Å². The fourth-order valence-corrected chi connectivity index (χ4v) is 5.62. The van der Waals surface area contributed by atoms with Crippen LogP contribution in [0, 0.1) is 0 Å². The molecule has 0 aromatic heterocycles. The molecule has 0 spiro atoms. The molecule has 2 aliphatic rings. The summed E-state index contributed by atoms with van der Waals surface area (Å²) in [6.07, 6.45) is 3.16. The van der Waals surface area contributed by atoms with Gasteiger partial charge in [0.05, 0.1) is 6.04 Å². The van der Waals surface area contributed by atoms with Crippen molar-refractivity contribution in [2.24, 2.45) is 0 Å². The van der Waals surface area contributed by atoms with E-state index in [1.807, 2.05) is 54.3 Å². The average Bonchev–Trinajstić information content (AvgIpc) is 3.59. The third kappa shape index (κ3) is 8.58. The second kappa shape index (κ2) is 16.4. The summed E-state index contributed by atoms with van der Waals surface area (Å²) in [5, 5.41) is 4.89. The van der Waals surface area contributed by atoms with Crippen LogP contribution in [-0.2, 0) is 23.9 Å². The van der Waals surface area contributed by atoms with Crippen molar-refractivity contribution in [3.63, 3.8) is 0 Å². The van der Waals surface area contributed by atoms with E-state index >= 15 is 0 Å². The minimum Gasteiger partial charge on any atom is -0.460 e. The number of anilines is 1. The SMILES string of the molecule is C=CCOC(=O)CNC(=O)C(=O)C(CCC)NC(=O)C1CCCN1C(=O)c1ccc(N2CCN(C(=O)c3ccccc3)CC2)cc1. The zero-order valence-corrected chi connectivity index (χ0v) is 26.1. The number of amides is 4. The third-order valence-electron chi connectivity index (χ3n) is 8.07. The first-order valence-electron chi connectivity index (χ1n) is 15.6. The molecule has 12 heteroatoms. The summed E-state index contributed by atoms with van der Waals surface area (Å²) < 4.78 is 4.79. The highest BCUT2D eigenvalue weighted by Gasteiger charge is 2.37. The maximum absolute atomic E-state index is 13.5. The van der Waals surface area contributed by atoms with Gasteiger partial charge in [-0.2, -0.15) is 0 Å². The number of nitrogens with zero attached hydrogens (tertiary/aromatic N) is 3. The van der Waals surface area contributed by atoms with Crippen LogP contribution >= 0.6 is 0 Å². The highest BCUT2D eigenvalue weighted by Crippen LogP contribution is 2.23. The monoisotopic (exact) mass is 631 g/mol. The summed E-state index contributed by atoms with van der Waals surface area (Å²) in [7, 11) is 0. The third-order valence-corrected chi connectivity index (χ3v) is 8.07. The number of hydrogen-bond acceptors (Lipinski definition) is 8. The molecule has 2 heterocycles. The number of nitrogens with one attached hydrogen (secondary N) is 2. The first-order chi connectivity index (χ1) is 22.2. The second-order valence-electron chi connectivity index (χ2n) is 11.2. The van der Waals surface area contributed by atoms with Crippen molar-refractivity contribution >= 4 is 41.1 Å². The predicted molar refractivity (Wildman–Crippen MR) is 171 cm³/mol. The first kappa shape index (κ1) is 33.9. The molecule has 0 aliphatic carbocycles. The fraction of sp³-hybridized carbons (Fsp3) is 0.412. The van der Waals surface area contributed by atoms with Crippen LogP contribution in [0.4, 0.5) is 5.69 Å². The molecular weight excluding hydrogens is 590 g/mol. The number of carbonyl (C=O) groups excluding carboxylic acids is 6. The van der Waals surface area contributed by atoms with Crippen molar-refractivity contribution < 1.29 is 33.5 Å². The van der Waals surface area contributed by atoms with E-state index < -0.39 is 42.2 Å². The molecule has 2 fully saturated rings. The molecule has 2 saturated heterocycles. The van der Waals surface area contributed by atoms with E-state index in [4.69, 9.17) is 4.74 Å². The number of ketones is 1. The molecule has 12 nitrogen and oxygen atoms in total. The molecule has 0 bridgehead atoms. The van der Waals surface area contributed by atoms with Gasteiger partial charge in [0.2, 0.25) is 11.7 Å². The summed E-state index contributed by atoms with van der Waals surface area (Å²) >= 11 is 0. The Kier molecular flexibility index (Phi) is 12.0. The van der Waals surface area contributed by atoms with Crippen molar-refractivity contribution in [2.45, 2.75) is 44.7 Å². The lowest BCUT2D eigenvalue weighted by molar-refractivity contribution is -0.145. The molecule has 2 unspecified atom stereocenters. The molecule has 2 aromatic rings. The Hall–Kier alpha value is -5.00. The molecule has 4 rings (SSSR count). The number of benzene rings is 2.